The molecule has 2 aromatic rings. The molecule has 0 saturated carbocycles. The Morgan fingerprint density at radius 2 is 1.83 bits per heavy atom. The Bertz CT molecular complexity index is 988. The maximum absolute atomic E-state index is 12.7. The molecule has 0 aromatic heterocycles. The number of benzene rings is 2. The van der Waals surface area contributed by atoms with Crippen LogP contribution in [0.15, 0.2) is 48.5 Å². The van der Waals surface area contributed by atoms with E-state index in [-0.39, 0.29) is 17.7 Å². The van der Waals surface area contributed by atoms with Gasteiger partial charge in [0.25, 0.3) is 5.91 Å². The van der Waals surface area contributed by atoms with Crippen molar-refractivity contribution in [2.24, 2.45) is 5.73 Å². The third kappa shape index (κ3) is 4.97. The Morgan fingerprint density at radius 1 is 1.17 bits per heavy atom. The molecule has 0 aliphatic carbocycles. The zero-order chi connectivity index (χ0) is 21.5. The summed E-state index contributed by atoms with van der Waals surface area (Å²) in [6.45, 7) is 1.01. The number of rotatable bonds is 5. The second-order valence-electron chi connectivity index (χ2n) is 6.90. The number of amidine groups is 1. The highest BCUT2D eigenvalue weighted by Gasteiger charge is 2.35. The topological polar surface area (TPSA) is 109 Å². The number of anilines is 1. The van der Waals surface area contributed by atoms with Gasteiger partial charge in [-0.3, -0.25) is 10.2 Å². The monoisotopic (exact) mass is 404 g/mol. The summed E-state index contributed by atoms with van der Waals surface area (Å²) in [6.07, 6.45) is 1.42. The van der Waals surface area contributed by atoms with Crippen LogP contribution in [0.5, 0.6) is 0 Å². The smallest absolute Gasteiger partial charge is 0.328 e. The molecular formula is C23H24N4O3. The third-order valence-corrected chi connectivity index (χ3v) is 4.93. The maximum atomic E-state index is 12.7. The molecule has 1 saturated heterocycles. The molecule has 1 fully saturated rings. The van der Waals surface area contributed by atoms with Gasteiger partial charge in [-0.1, -0.05) is 11.8 Å². The fourth-order valence-corrected chi connectivity index (χ4v) is 3.31. The number of carbonyl (C=O) groups is 2. The number of amides is 1. The summed E-state index contributed by atoms with van der Waals surface area (Å²) < 4.78 is 4.80. The summed E-state index contributed by atoms with van der Waals surface area (Å²) >= 11 is 0. The molecule has 0 spiro atoms. The van der Waals surface area contributed by atoms with E-state index < -0.39 is 6.04 Å². The molecule has 1 amide bonds. The minimum atomic E-state index is -0.502. The van der Waals surface area contributed by atoms with Gasteiger partial charge in [-0.25, -0.2) is 4.79 Å². The van der Waals surface area contributed by atoms with Crippen LogP contribution in [0.4, 0.5) is 5.69 Å². The average molecular weight is 404 g/mol. The molecule has 30 heavy (non-hydrogen) atoms. The standard InChI is InChI=1S/C23H24N4O3/c1-30-23(29)20-5-3-15-27(20)22(28)18-8-6-16(7-9-18)4-2-14-26-19-12-10-17(11-13-19)21(24)25/h6-13,20,26H,3,5,14-15H2,1H3,(H3,24,25). The normalized spacial score (nSPS) is 15.1. The predicted octanol–water partition coefficient (Wildman–Crippen LogP) is 2.21. The van der Waals surface area contributed by atoms with E-state index in [1.807, 2.05) is 12.1 Å². The van der Waals surface area contributed by atoms with E-state index >= 15 is 0 Å². The van der Waals surface area contributed by atoms with Crippen molar-refractivity contribution in [2.45, 2.75) is 18.9 Å². The van der Waals surface area contributed by atoms with E-state index in [9.17, 15) is 9.59 Å². The van der Waals surface area contributed by atoms with Gasteiger partial charge >= 0.3 is 5.97 Å². The van der Waals surface area contributed by atoms with Crippen LogP contribution >= 0.6 is 0 Å². The first-order valence-corrected chi connectivity index (χ1v) is 9.65. The average Bonchev–Trinajstić information content (AvgIpc) is 3.26. The summed E-state index contributed by atoms with van der Waals surface area (Å²) in [6, 6.07) is 13.8. The summed E-state index contributed by atoms with van der Waals surface area (Å²) in [5.74, 6) is 5.59. The molecule has 7 heteroatoms. The molecule has 0 radical (unpaired) electrons. The van der Waals surface area contributed by atoms with Gasteiger partial charge in [0.15, 0.2) is 0 Å². The van der Waals surface area contributed by atoms with Crippen molar-refractivity contribution in [3.8, 4) is 11.8 Å². The van der Waals surface area contributed by atoms with Crippen LogP contribution in [-0.2, 0) is 9.53 Å². The van der Waals surface area contributed by atoms with E-state index in [2.05, 4.69) is 17.2 Å². The van der Waals surface area contributed by atoms with Crippen LogP contribution in [0.2, 0.25) is 0 Å². The number of methoxy groups -OCH3 is 1. The third-order valence-electron chi connectivity index (χ3n) is 4.93. The first kappa shape index (κ1) is 20.9. The van der Waals surface area contributed by atoms with Gasteiger partial charge in [-0.2, -0.15) is 0 Å². The van der Waals surface area contributed by atoms with Gasteiger partial charge < -0.3 is 20.7 Å². The molecule has 1 unspecified atom stereocenters. The zero-order valence-electron chi connectivity index (χ0n) is 16.8. The Labute approximate surface area is 175 Å². The quantitative estimate of drug-likeness (QED) is 0.306. The van der Waals surface area contributed by atoms with Crippen LogP contribution in [0.1, 0.15) is 34.3 Å². The number of hydrogen-bond donors (Lipinski definition) is 3. The fourth-order valence-electron chi connectivity index (χ4n) is 3.31. The van der Waals surface area contributed by atoms with Crippen LogP contribution in [-0.4, -0.2) is 48.9 Å². The molecule has 1 aliphatic rings. The number of nitrogen functional groups attached to an aromatic ring is 1. The molecule has 3 rings (SSSR count). The first-order valence-electron chi connectivity index (χ1n) is 9.65. The highest BCUT2D eigenvalue weighted by molar-refractivity contribution is 5.97. The molecule has 0 bridgehead atoms. The summed E-state index contributed by atoms with van der Waals surface area (Å²) in [7, 11) is 1.34. The predicted molar refractivity (Wildman–Crippen MR) is 115 cm³/mol. The lowest BCUT2D eigenvalue weighted by Gasteiger charge is -2.22. The van der Waals surface area contributed by atoms with Gasteiger partial charge in [0.1, 0.15) is 11.9 Å². The largest absolute Gasteiger partial charge is 0.467 e. The van der Waals surface area contributed by atoms with Crippen molar-refractivity contribution in [1.29, 1.82) is 5.41 Å². The van der Waals surface area contributed by atoms with Crippen molar-refractivity contribution in [3.63, 3.8) is 0 Å². The van der Waals surface area contributed by atoms with E-state index in [0.717, 1.165) is 17.7 Å². The number of ether oxygens (including phenoxy) is 1. The highest BCUT2D eigenvalue weighted by Crippen LogP contribution is 2.21. The van der Waals surface area contributed by atoms with Crippen molar-refractivity contribution < 1.29 is 14.3 Å². The van der Waals surface area contributed by atoms with Gasteiger partial charge in [-0.15, -0.1) is 0 Å². The number of nitrogens with two attached hydrogens (primary N) is 1. The second-order valence-corrected chi connectivity index (χ2v) is 6.90. The number of nitrogens with one attached hydrogen (secondary N) is 2. The minimum Gasteiger partial charge on any atom is -0.467 e. The van der Waals surface area contributed by atoms with E-state index in [1.165, 1.54) is 7.11 Å². The maximum Gasteiger partial charge on any atom is 0.328 e. The summed E-state index contributed by atoms with van der Waals surface area (Å²) in [5, 5.41) is 10.6. The fraction of sp³-hybridized carbons (Fsp3) is 0.261. The van der Waals surface area contributed by atoms with Crippen LogP contribution in [0.25, 0.3) is 0 Å². The van der Waals surface area contributed by atoms with Crippen molar-refractivity contribution >= 4 is 23.4 Å². The Balaban J connectivity index is 1.56. The lowest BCUT2D eigenvalue weighted by molar-refractivity contribution is -0.145. The number of nitrogens with zero attached hydrogens (tertiary/aromatic N) is 1. The zero-order valence-corrected chi connectivity index (χ0v) is 16.8. The summed E-state index contributed by atoms with van der Waals surface area (Å²) in [5.41, 5.74) is 8.33. The molecular weight excluding hydrogens is 380 g/mol. The molecule has 154 valence electrons. The van der Waals surface area contributed by atoms with E-state index in [4.69, 9.17) is 15.9 Å². The van der Waals surface area contributed by atoms with Crippen LogP contribution in [0, 0.1) is 17.3 Å². The Hall–Kier alpha value is -3.79. The first-order chi connectivity index (χ1) is 14.5. The van der Waals surface area contributed by atoms with E-state index in [0.29, 0.717) is 30.6 Å². The molecule has 1 atom stereocenters. The number of likely N-dealkylation sites (tertiary alicyclic amines) is 1. The minimum absolute atomic E-state index is 0.0359. The van der Waals surface area contributed by atoms with Crippen molar-refractivity contribution in [1.82, 2.24) is 4.90 Å². The van der Waals surface area contributed by atoms with Crippen molar-refractivity contribution in [3.05, 3.63) is 65.2 Å². The molecule has 2 aromatic carbocycles. The second kappa shape index (κ2) is 9.61. The SMILES string of the molecule is COC(=O)C1CCCN1C(=O)c1ccc(C#CCNc2ccc(C(=N)N)cc2)cc1. The van der Waals surface area contributed by atoms with Crippen LogP contribution in [0.3, 0.4) is 0 Å². The van der Waals surface area contributed by atoms with Gasteiger partial charge in [0.2, 0.25) is 0 Å². The van der Waals surface area contributed by atoms with Gasteiger partial charge in [0.05, 0.1) is 13.7 Å². The Kier molecular flexibility index (Phi) is 6.71. The molecule has 7 nitrogen and oxygen atoms in total. The van der Waals surface area contributed by atoms with E-state index in [1.54, 1.807) is 41.3 Å². The number of carbonyl (C=O) groups excluding carboxylic acids is 2. The summed E-state index contributed by atoms with van der Waals surface area (Å²) in [4.78, 5) is 26.2. The lowest BCUT2D eigenvalue weighted by atomic mass is 10.1. The van der Waals surface area contributed by atoms with Gasteiger partial charge in [0, 0.05) is 28.9 Å². The molecule has 4 N–H and O–H groups in total. The van der Waals surface area contributed by atoms with Gasteiger partial charge in [-0.05, 0) is 61.4 Å². The number of hydrogen-bond acceptors (Lipinski definition) is 5. The molecule has 1 heterocycles. The molecule has 1 aliphatic heterocycles. The highest BCUT2D eigenvalue weighted by atomic mass is 16.5. The van der Waals surface area contributed by atoms with Crippen LogP contribution < -0.4 is 11.1 Å². The Morgan fingerprint density at radius 3 is 2.47 bits per heavy atom. The van der Waals surface area contributed by atoms with Crippen molar-refractivity contribution in [2.75, 3.05) is 25.5 Å². The number of esters is 1. The lowest BCUT2D eigenvalue weighted by Crippen LogP contribution is -2.41.